The first-order valence-electron chi connectivity index (χ1n) is 7.94. The average Bonchev–Trinajstić information content (AvgIpc) is 2.60. The number of aliphatic hydroxyl groups excluding tert-OH is 2. The first kappa shape index (κ1) is 20.6. The van der Waals surface area contributed by atoms with Crippen molar-refractivity contribution in [2.45, 2.75) is 19.4 Å². The molecule has 4 N–H and O–H groups in total. The van der Waals surface area contributed by atoms with E-state index in [9.17, 15) is 14.3 Å². The molecule has 0 radical (unpaired) electrons. The Bertz CT molecular complexity index is 773. The third kappa shape index (κ3) is 5.90. The van der Waals surface area contributed by atoms with E-state index in [2.05, 4.69) is 33.4 Å². The van der Waals surface area contributed by atoms with Gasteiger partial charge < -0.3 is 15.5 Å². The molecule has 1 amide bonds. The van der Waals surface area contributed by atoms with E-state index in [1.807, 2.05) is 25.1 Å². The predicted octanol–water partition coefficient (Wildman–Crippen LogP) is 2.89. The van der Waals surface area contributed by atoms with Crippen molar-refractivity contribution in [1.29, 1.82) is 0 Å². The summed E-state index contributed by atoms with van der Waals surface area (Å²) < 4.78 is 14.7. The Morgan fingerprint density at radius 3 is 2.73 bits per heavy atom. The molecule has 0 aliphatic rings. The molecule has 6 nitrogen and oxygen atoms in total. The Labute approximate surface area is 164 Å². The van der Waals surface area contributed by atoms with Crippen LogP contribution in [0.3, 0.4) is 0 Å². The largest absolute Gasteiger partial charge is 0.394 e. The van der Waals surface area contributed by atoms with Gasteiger partial charge in [-0.2, -0.15) is 0 Å². The van der Waals surface area contributed by atoms with Crippen LogP contribution in [0.2, 0.25) is 0 Å². The molecule has 1 unspecified atom stereocenters. The Kier molecular flexibility index (Phi) is 7.76. The number of aliphatic hydroxyl groups is 2. The first-order valence-corrected chi connectivity index (χ1v) is 9.02. The van der Waals surface area contributed by atoms with Gasteiger partial charge in [-0.1, -0.05) is 0 Å². The van der Waals surface area contributed by atoms with E-state index in [0.717, 1.165) is 14.8 Å². The molecule has 0 bridgehead atoms. The molecule has 0 heterocycles. The second-order valence-corrected chi connectivity index (χ2v) is 6.92. The number of hydrogen-bond acceptors (Lipinski definition) is 5. The molecule has 2 rings (SSSR count). The number of nitrogens with one attached hydrogen (secondary N) is 2. The minimum Gasteiger partial charge on any atom is -0.394 e. The molecule has 2 aromatic rings. The van der Waals surface area contributed by atoms with E-state index in [1.54, 1.807) is 0 Å². The molecular weight excluding hydrogens is 454 g/mol. The number of amides is 1. The minimum atomic E-state index is -0.904. The predicted molar refractivity (Wildman–Crippen MR) is 105 cm³/mol. The second-order valence-electron chi connectivity index (χ2n) is 5.68. The molecule has 26 heavy (non-hydrogen) atoms. The van der Waals surface area contributed by atoms with Gasteiger partial charge in [0.15, 0.2) is 0 Å². The summed E-state index contributed by atoms with van der Waals surface area (Å²) in [4.78, 5) is 17.3. The smallest absolute Gasteiger partial charge is 0.276 e. The molecule has 0 aliphatic carbocycles. The number of hydrogen-bond donors (Lipinski definition) is 4. The van der Waals surface area contributed by atoms with Crippen molar-refractivity contribution in [1.82, 2.24) is 5.48 Å². The highest BCUT2D eigenvalue weighted by Crippen LogP contribution is 2.25. The Morgan fingerprint density at radius 2 is 2.04 bits per heavy atom. The maximum Gasteiger partial charge on any atom is 0.276 e. The van der Waals surface area contributed by atoms with Crippen LogP contribution in [0.5, 0.6) is 0 Å². The van der Waals surface area contributed by atoms with Crippen LogP contribution < -0.4 is 10.8 Å². The minimum absolute atomic E-state index is 0.0354. The lowest BCUT2D eigenvalue weighted by Gasteiger charge is -2.14. The van der Waals surface area contributed by atoms with Crippen LogP contribution in [0.15, 0.2) is 36.4 Å². The van der Waals surface area contributed by atoms with Crippen LogP contribution in [0.1, 0.15) is 22.3 Å². The van der Waals surface area contributed by atoms with E-state index in [4.69, 9.17) is 9.94 Å². The summed E-state index contributed by atoms with van der Waals surface area (Å²) in [6.45, 7) is 1.57. The van der Waals surface area contributed by atoms with Crippen molar-refractivity contribution in [3.8, 4) is 0 Å². The zero-order valence-electron chi connectivity index (χ0n) is 14.1. The molecule has 1 atom stereocenters. The molecule has 140 valence electrons. The molecule has 0 saturated heterocycles. The molecule has 0 aliphatic heterocycles. The first-order chi connectivity index (χ1) is 12.4. The van der Waals surface area contributed by atoms with E-state index in [1.165, 1.54) is 18.2 Å². The fraction of sp³-hybridized carbons (Fsp3) is 0.278. The highest BCUT2D eigenvalue weighted by Gasteiger charge is 2.14. The number of carbonyl (C=O) groups excluding carboxylic acids is 1. The van der Waals surface area contributed by atoms with Crippen molar-refractivity contribution < 1.29 is 24.2 Å². The highest BCUT2D eigenvalue weighted by molar-refractivity contribution is 14.1. The lowest BCUT2D eigenvalue weighted by molar-refractivity contribution is 0.00706. The lowest BCUT2D eigenvalue weighted by atomic mass is 10.1. The Balaban J connectivity index is 2.10. The number of hydroxylamine groups is 1. The maximum atomic E-state index is 13.7. The van der Waals surface area contributed by atoms with Crippen molar-refractivity contribution in [3.63, 3.8) is 0 Å². The summed E-state index contributed by atoms with van der Waals surface area (Å²) >= 11 is 2.20. The van der Waals surface area contributed by atoms with Crippen LogP contribution in [0.25, 0.3) is 0 Å². The molecule has 0 spiro atoms. The van der Waals surface area contributed by atoms with E-state index in [-0.39, 0.29) is 25.2 Å². The molecule has 8 heteroatoms. The number of anilines is 2. The van der Waals surface area contributed by atoms with Crippen LogP contribution in [0, 0.1) is 16.3 Å². The van der Waals surface area contributed by atoms with Crippen LogP contribution in [0.4, 0.5) is 15.8 Å². The van der Waals surface area contributed by atoms with Crippen molar-refractivity contribution >= 4 is 39.9 Å². The average molecular weight is 474 g/mol. The molecular formula is C18H20FIN2O4. The zero-order valence-corrected chi connectivity index (χ0v) is 16.3. The van der Waals surface area contributed by atoms with Crippen LogP contribution in [-0.2, 0) is 4.84 Å². The van der Waals surface area contributed by atoms with Gasteiger partial charge in [0.05, 0.1) is 30.6 Å². The van der Waals surface area contributed by atoms with E-state index >= 15 is 0 Å². The third-order valence-electron chi connectivity index (χ3n) is 3.61. The van der Waals surface area contributed by atoms with E-state index in [0.29, 0.717) is 5.69 Å². The van der Waals surface area contributed by atoms with Gasteiger partial charge in [-0.3, -0.25) is 9.63 Å². The summed E-state index contributed by atoms with van der Waals surface area (Å²) in [5.41, 5.74) is 4.50. The number of rotatable bonds is 8. The van der Waals surface area contributed by atoms with Gasteiger partial charge in [0, 0.05) is 15.7 Å². The van der Waals surface area contributed by atoms with Crippen molar-refractivity contribution in [2.24, 2.45) is 0 Å². The summed E-state index contributed by atoms with van der Waals surface area (Å²) in [6, 6.07) is 9.53. The number of carbonyl (C=O) groups is 1. The normalized spacial score (nSPS) is 11.9. The Hall–Kier alpha value is -1.75. The van der Waals surface area contributed by atoms with Gasteiger partial charge in [0.25, 0.3) is 5.91 Å². The van der Waals surface area contributed by atoms with Gasteiger partial charge >= 0.3 is 0 Å². The standard InChI is InChI=1S/C18H20FIN2O4/c1-11-8-13(20)3-5-16(11)21-17-9-12(19)2-4-15(17)18(25)22-26-7-6-14(24)10-23/h2-5,8-9,14,21,23-24H,6-7,10H2,1H3,(H,22,25). The van der Waals surface area contributed by atoms with Gasteiger partial charge in [-0.25, -0.2) is 9.87 Å². The van der Waals surface area contributed by atoms with Crippen molar-refractivity contribution in [2.75, 3.05) is 18.5 Å². The van der Waals surface area contributed by atoms with Crippen LogP contribution >= 0.6 is 22.6 Å². The molecule has 0 fully saturated rings. The lowest BCUT2D eigenvalue weighted by Crippen LogP contribution is -2.26. The molecule has 2 aromatic carbocycles. The van der Waals surface area contributed by atoms with Gasteiger partial charge in [-0.05, 0) is 71.5 Å². The second kappa shape index (κ2) is 9.81. The SMILES string of the molecule is Cc1cc(I)ccc1Nc1cc(F)ccc1C(=O)NOCCC(O)CO. The van der Waals surface area contributed by atoms with Gasteiger partial charge in [-0.15, -0.1) is 0 Å². The molecule has 0 saturated carbocycles. The van der Waals surface area contributed by atoms with Gasteiger partial charge in [0.1, 0.15) is 5.82 Å². The summed E-state index contributed by atoms with van der Waals surface area (Å²) in [7, 11) is 0. The zero-order chi connectivity index (χ0) is 19.1. The fourth-order valence-electron chi connectivity index (χ4n) is 2.19. The Morgan fingerprint density at radius 1 is 1.27 bits per heavy atom. The summed E-state index contributed by atoms with van der Waals surface area (Å²) in [5, 5.41) is 21.0. The maximum absolute atomic E-state index is 13.7. The van der Waals surface area contributed by atoms with Crippen molar-refractivity contribution in [3.05, 3.63) is 56.9 Å². The topological polar surface area (TPSA) is 90.8 Å². The number of halogens is 2. The summed E-state index contributed by atoms with van der Waals surface area (Å²) in [6.07, 6.45) is -0.730. The van der Waals surface area contributed by atoms with E-state index < -0.39 is 17.8 Å². The number of benzene rings is 2. The number of aryl methyl sites for hydroxylation is 1. The fourth-order valence-corrected chi connectivity index (χ4v) is 2.84. The quantitative estimate of drug-likeness (QED) is 0.269. The van der Waals surface area contributed by atoms with Crippen LogP contribution in [-0.4, -0.2) is 35.4 Å². The van der Waals surface area contributed by atoms with Gasteiger partial charge in [0.2, 0.25) is 0 Å². The highest BCUT2D eigenvalue weighted by atomic mass is 127. The third-order valence-corrected chi connectivity index (χ3v) is 4.28. The summed E-state index contributed by atoms with van der Waals surface area (Å²) in [5.74, 6) is -1.02. The molecule has 0 aromatic heterocycles. The monoisotopic (exact) mass is 474 g/mol.